The molecule has 0 spiro atoms. The number of hydrogen-bond acceptors (Lipinski definition) is 5. The van der Waals surface area contributed by atoms with E-state index in [1.54, 1.807) is 37.3 Å². The molecule has 0 saturated heterocycles. The molecule has 2 atom stereocenters. The maximum absolute atomic E-state index is 12.9. The first kappa shape index (κ1) is 19.0. The SMILES string of the molecule is CCC1Oc2ccc(N)nc2N(C(C)C(=O)Nc2cccc(Cl)c2C)C1=O. The molecule has 0 bridgehead atoms. The van der Waals surface area contributed by atoms with Crippen LogP contribution in [0.15, 0.2) is 30.3 Å². The number of nitrogens with zero attached hydrogens (tertiary/aromatic N) is 2. The summed E-state index contributed by atoms with van der Waals surface area (Å²) in [6.07, 6.45) is -0.202. The van der Waals surface area contributed by atoms with Crippen molar-refractivity contribution in [1.29, 1.82) is 0 Å². The van der Waals surface area contributed by atoms with E-state index in [4.69, 9.17) is 22.1 Å². The molecule has 3 N–H and O–H groups in total. The largest absolute Gasteiger partial charge is 0.477 e. The van der Waals surface area contributed by atoms with E-state index in [-0.39, 0.29) is 23.5 Å². The van der Waals surface area contributed by atoms with Gasteiger partial charge in [-0.2, -0.15) is 0 Å². The Morgan fingerprint density at radius 3 is 2.85 bits per heavy atom. The first-order chi connectivity index (χ1) is 12.8. The Labute approximate surface area is 162 Å². The lowest BCUT2D eigenvalue weighted by Crippen LogP contribution is -2.53. The van der Waals surface area contributed by atoms with Gasteiger partial charge in [0, 0.05) is 10.7 Å². The number of benzene rings is 1. The van der Waals surface area contributed by atoms with Crippen molar-refractivity contribution >= 4 is 40.7 Å². The Hall–Kier alpha value is -2.80. The minimum atomic E-state index is -0.818. The number of carbonyl (C=O) groups excluding carboxylic acids is 2. The molecule has 0 aliphatic carbocycles. The minimum Gasteiger partial charge on any atom is -0.477 e. The molecule has 1 aliphatic heterocycles. The molecule has 0 radical (unpaired) electrons. The van der Waals surface area contributed by atoms with Crippen LogP contribution in [0.25, 0.3) is 0 Å². The summed E-state index contributed by atoms with van der Waals surface area (Å²) >= 11 is 6.11. The van der Waals surface area contributed by atoms with Crippen molar-refractivity contribution in [3.8, 4) is 5.75 Å². The molecule has 1 aromatic heterocycles. The smallest absolute Gasteiger partial charge is 0.270 e. The fraction of sp³-hybridized carbons (Fsp3) is 0.316. The van der Waals surface area contributed by atoms with Crippen LogP contribution in [-0.2, 0) is 9.59 Å². The predicted octanol–water partition coefficient (Wildman–Crippen LogP) is 3.16. The Bertz CT molecular complexity index is 903. The molecule has 2 aromatic rings. The highest BCUT2D eigenvalue weighted by Gasteiger charge is 2.39. The van der Waals surface area contributed by atoms with Crippen LogP contribution in [0.4, 0.5) is 17.3 Å². The average Bonchev–Trinajstić information content (AvgIpc) is 2.64. The number of rotatable bonds is 4. The third-order valence-electron chi connectivity index (χ3n) is 4.53. The molecule has 27 heavy (non-hydrogen) atoms. The van der Waals surface area contributed by atoms with Gasteiger partial charge >= 0.3 is 0 Å². The van der Waals surface area contributed by atoms with Crippen LogP contribution in [0.1, 0.15) is 25.8 Å². The zero-order valence-electron chi connectivity index (χ0n) is 15.3. The number of aromatic nitrogens is 1. The number of carbonyl (C=O) groups is 2. The topological polar surface area (TPSA) is 97.6 Å². The summed E-state index contributed by atoms with van der Waals surface area (Å²) in [5.74, 6) is 0.224. The third-order valence-corrected chi connectivity index (χ3v) is 4.94. The maximum atomic E-state index is 12.9. The van der Waals surface area contributed by atoms with E-state index in [2.05, 4.69) is 10.3 Å². The number of halogens is 1. The van der Waals surface area contributed by atoms with Gasteiger partial charge in [0.25, 0.3) is 5.91 Å². The first-order valence-electron chi connectivity index (χ1n) is 8.65. The normalized spacial score (nSPS) is 17.1. The minimum absolute atomic E-state index is 0.239. The predicted molar refractivity (Wildman–Crippen MR) is 105 cm³/mol. The van der Waals surface area contributed by atoms with E-state index in [1.165, 1.54) is 4.90 Å². The molecule has 0 saturated carbocycles. The van der Waals surface area contributed by atoms with E-state index in [0.29, 0.717) is 22.9 Å². The van der Waals surface area contributed by atoms with Crippen molar-refractivity contribution in [2.24, 2.45) is 0 Å². The third kappa shape index (κ3) is 3.55. The van der Waals surface area contributed by atoms with Gasteiger partial charge in [-0.25, -0.2) is 4.98 Å². The second-order valence-corrected chi connectivity index (χ2v) is 6.77. The lowest BCUT2D eigenvalue weighted by molar-refractivity contribution is -0.129. The van der Waals surface area contributed by atoms with Gasteiger partial charge in [0.2, 0.25) is 5.91 Å². The summed E-state index contributed by atoms with van der Waals surface area (Å²) in [6.45, 7) is 5.30. The molecular weight excluding hydrogens is 368 g/mol. The Kier molecular flexibility index (Phi) is 5.23. The number of nitrogens with one attached hydrogen (secondary N) is 1. The molecule has 8 heteroatoms. The van der Waals surface area contributed by atoms with E-state index >= 15 is 0 Å². The first-order valence-corrected chi connectivity index (χ1v) is 9.03. The average molecular weight is 389 g/mol. The fourth-order valence-corrected chi connectivity index (χ4v) is 3.08. The summed E-state index contributed by atoms with van der Waals surface area (Å²) < 4.78 is 5.70. The monoisotopic (exact) mass is 388 g/mol. The molecule has 2 amide bonds. The zero-order chi connectivity index (χ0) is 19.7. The number of nitrogens with two attached hydrogens (primary N) is 1. The number of fused-ring (bicyclic) bond motifs is 1. The van der Waals surface area contributed by atoms with E-state index in [0.717, 1.165) is 5.56 Å². The number of anilines is 3. The van der Waals surface area contributed by atoms with Gasteiger partial charge in [0.05, 0.1) is 0 Å². The van der Waals surface area contributed by atoms with E-state index in [1.807, 2.05) is 13.8 Å². The second kappa shape index (κ2) is 7.44. The van der Waals surface area contributed by atoms with Crippen LogP contribution >= 0.6 is 11.6 Å². The van der Waals surface area contributed by atoms with Gasteiger partial charge in [0.1, 0.15) is 11.9 Å². The molecule has 1 aliphatic rings. The van der Waals surface area contributed by atoms with Gasteiger partial charge in [-0.05, 0) is 50.1 Å². The molecule has 2 heterocycles. The van der Waals surface area contributed by atoms with Gasteiger partial charge in [-0.15, -0.1) is 0 Å². The molecule has 1 aromatic carbocycles. The number of nitrogen functional groups attached to an aromatic ring is 1. The fourth-order valence-electron chi connectivity index (χ4n) is 2.91. The second-order valence-electron chi connectivity index (χ2n) is 6.36. The van der Waals surface area contributed by atoms with Crippen LogP contribution in [0, 0.1) is 6.92 Å². The summed E-state index contributed by atoms with van der Waals surface area (Å²) in [6, 6.07) is 7.69. The van der Waals surface area contributed by atoms with Crippen LogP contribution in [0.2, 0.25) is 5.02 Å². The number of pyridine rings is 1. The van der Waals surface area contributed by atoms with Crippen LogP contribution in [0.3, 0.4) is 0 Å². The van der Waals surface area contributed by atoms with Crippen molar-refractivity contribution in [2.45, 2.75) is 39.3 Å². The quantitative estimate of drug-likeness (QED) is 0.838. The van der Waals surface area contributed by atoms with Crippen molar-refractivity contribution in [3.05, 3.63) is 40.9 Å². The van der Waals surface area contributed by atoms with Gasteiger partial charge in [-0.1, -0.05) is 24.6 Å². The molecule has 2 unspecified atom stereocenters. The molecule has 7 nitrogen and oxygen atoms in total. The van der Waals surface area contributed by atoms with Crippen LogP contribution in [-0.4, -0.2) is 28.9 Å². The Morgan fingerprint density at radius 1 is 1.41 bits per heavy atom. The van der Waals surface area contributed by atoms with Gasteiger partial charge < -0.3 is 15.8 Å². The van der Waals surface area contributed by atoms with Gasteiger partial charge in [-0.3, -0.25) is 14.5 Å². The van der Waals surface area contributed by atoms with E-state index in [9.17, 15) is 9.59 Å². The molecule has 3 rings (SSSR count). The lowest BCUT2D eigenvalue weighted by atomic mass is 10.1. The van der Waals surface area contributed by atoms with Crippen molar-refractivity contribution in [3.63, 3.8) is 0 Å². The highest BCUT2D eigenvalue weighted by atomic mass is 35.5. The summed E-state index contributed by atoms with van der Waals surface area (Å²) in [4.78, 5) is 31.3. The Balaban J connectivity index is 1.93. The van der Waals surface area contributed by atoms with Gasteiger partial charge in [0.15, 0.2) is 17.7 Å². The number of ether oxygens (including phenoxy) is 1. The molecular formula is C19H21ClN4O3. The lowest BCUT2D eigenvalue weighted by Gasteiger charge is -2.36. The zero-order valence-corrected chi connectivity index (χ0v) is 16.1. The number of amides is 2. The molecule has 142 valence electrons. The van der Waals surface area contributed by atoms with E-state index < -0.39 is 12.1 Å². The maximum Gasteiger partial charge on any atom is 0.270 e. The summed E-state index contributed by atoms with van der Waals surface area (Å²) in [7, 11) is 0. The van der Waals surface area contributed by atoms with Crippen LogP contribution in [0.5, 0.6) is 5.75 Å². The highest BCUT2D eigenvalue weighted by molar-refractivity contribution is 6.31. The Morgan fingerprint density at radius 2 is 2.15 bits per heavy atom. The van der Waals surface area contributed by atoms with Crippen LogP contribution < -0.4 is 20.7 Å². The standard InChI is InChI=1S/C19H21ClN4O3/c1-4-14-19(26)24(17-15(27-14)8-9-16(21)23-17)11(3)18(25)22-13-7-5-6-12(20)10(13)2/h5-9,11,14H,4H2,1-3H3,(H2,21,23)(H,22,25). The molecule has 0 fully saturated rings. The van der Waals surface area contributed by atoms with Crippen molar-refractivity contribution < 1.29 is 14.3 Å². The summed E-state index contributed by atoms with van der Waals surface area (Å²) in [5, 5.41) is 3.38. The summed E-state index contributed by atoms with van der Waals surface area (Å²) in [5.41, 5.74) is 7.12. The highest BCUT2D eigenvalue weighted by Crippen LogP contribution is 2.35. The van der Waals surface area contributed by atoms with Crippen molar-refractivity contribution in [2.75, 3.05) is 16.0 Å². The number of hydrogen-bond donors (Lipinski definition) is 2. The van der Waals surface area contributed by atoms with Crippen molar-refractivity contribution in [1.82, 2.24) is 4.98 Å².